The highest BCUT2D eigenvalue weighted by Crippen LogP contribution is 2.38. The summed E-state index contributed by atoms with van der Waals surface area (Å²) in [5.74, 6) is 0.657. The summed E-state index contributed by atoms with van der Waals surface area (Å²) in [7, 11) is 2.16. The van der Waals surface area contributed by atoms with Gasteiger partial charge in [-0.1, -0.05) is 13.8 Å². The Morgan fingerprint density at radius 2 is 1.78 bits per heavy atom. The van der Waals surface area contributed by atoms with Crippen LogP contribution in [0.15, 0.2) is 0 Å². The Bertz CT molecular complexity index is 266. The van der Waals surface area contributed by atoms with Gasteiger partial charge in [-0.05, 0) is 56.9 Å². The summed E-state index contributed by atoms with van der Waals surface area (Å²) in [5, 5.41) is 9.66. The van der Waals surface area contributed by atoms with Gasteiger partial charge < -0.3 is 10.8 Å². The van der Waals surface area contributed by atoms with Crippen LogP contribution in [-0.2, 0) is 0 Å². The van der Waals surface area contributed by atoms with Crippen LogP contribution >= 0.6 is 0 Å². The maximum absolute atomic E-state index is 9.66. The van der Waals surface area contributed by atoms with Crippen LogP contribution in [-0.4, -0.2) is 41.8 Å². The number of rotatable bonds is 5. The highest BCUT2D eigenvalue weighted by atomic mass is 16.3. The first-order valence-corrected chi connectivity index (χ1v) is 7.53. The number of likely N-dealkylation sites (N-methyl/N-ethyl adjacent to an activating group) is 1. The molecule has 0 aliphatic heterocycles. The lowest BCUT2D eigenvalue weighted by Crippen LogP contribution is -2.54. The summed E-state index contributed by atoms with van der Waals surface area (Å²) >= 11 is 0. The van der Waals surface area contributed by atoms with Gasteiger partial charge in [0.05, 0.1) is 6.61 Å². The van der Waals surface area contributed by atoms with Crippen LogP contribution in [0.4, 0.5) is 0 Å². The summed E-state index contributed by atoms with van der Waals surface area (Å²) in [6.45, 7) is 4.93. The summed E-state index contributed by atoms with van der Waals surface area (Å²) in [6, 6.07) is 0.929. The van der Waals surface area contributed by atoms with E-state index in [1.165, 1.54) is 38.5 Å². The molecule has 3 heteroatoms. The molecule has 2 aliphatic rings. The van der Waals surface area contributed by atoms with E-state index in [1.807, 2.05) is 0 Å². The first-order valence-electron chi connectivity index (χ1n) is 7.53. The molecule has 2 aliphatic carbocycles. The van der Waals surface area contributed by atoms with Crippen molar-refractivity contribution in [1.82, 2.24) is 4.90 Å². The van der Waals surface area contributed by atoms with Crippen molar-refractivity contribution in [3.8, 4) is 0 Å². The first-order chi connectivity index (χ1) is 8.44. The minimum Gasteiger partial charge on any atom is -0.395 e. The van der Waals surface area contributed by atoms with Crippen molar-refractivity contribution in [2.45, 2.75) is 70.5 Å². The lowest BCUT2D eigenvalue weighted by molar-refractivity contribution is 0.0499. The molecule has 0 radical (unpaired) electrons. The van der Waals surface area contributed by atoms with Crippen LogP contribution in [0.5, 0.6) is 0 Å². The second kappa shape index (κ2) is 5.48. The predicted octanol–water partition coefficient (Wildman–Crippen LogP) is 1.99. The van der Waals surface area contributed by atoms with Gasteiger partial charge in [-0.15, -0.1) is 0 Å². The highest BCUT2D eigenvalue weighted by Gasteiger charge is 2.38. The maximum atomic E-state index is 9.66. The van der Waals surface area contributed by atoms with E-state index in [0.717, 1.165) is 0 Å². The number of aliphatic hydroxyl groups excluding tert-OH is 1. The molecular formula is C15H30N2O. The summed E-state index contributed by atoms with van der Waals surface area (Å²) in [5.41, 5.74) is 6.80. The second-order valence-corrected chi connectivity index (χ2v) is 7.23. The van der Waals surface area contributed by atoms with E-state index in [4.69, 9.17) is 5.73 Å². The van der Waals surface area contributed by atoms with Gasteiger partial charge in [-0.3, -0.25) is 4.90 Å². The van der Waals surface area contributed by atoms with Gasteiger partial charge in [-0.2, -0.15) is 0 Å². The summed E-state index contributed by atoms with van der Waals surface area (Å²) in [6.07, 6.45) is 7.58. The third-order valence-electron chi connectivity index (χ3n) is 5.21. The van der Waals surface area contributed by atoms with Gasteiger partial charge in [0.25, 0.3) is 0 Å². The Kier molecular flexibility index (Phi) is 4.35. The minimum atomic E-state index is 0.156. The molecule has 0 saturated heterocycles. The quantitative estimate of drug-likeness (QED) is 0.789. The predicted molar refractivity (Wildman–Crippen MR) is 75.4 cm³/mol. The highest BCUT2D eigenvalue weighted by molar-refractivity contribution is 4.95. The molecule has 0 spiro atoms. The van der Waals surface area contributed by atoms with Crippen molar-refractivity contribution < 1.29 is 5.11 Å². The Balaban J connectivity index is 1.90. The van der Waals surface area contributed by atoms with Crippen molar-refractivity contribution in [3.63, 3.8) is 0 Å². The molecule has 106 valence electrons. The molecule has 3 N–H and O–H groups in total. The smallest absolute Gasteiger partial charge is 0.0602 e. The molecule has 2 atom stereocenters. The Labute approximate surface area is 112 Å². The van der Waals surface area contributed by atoms with E-state index >= 15 is 0 Å². The topological polar surface area (TPSA) is 49.5 Å². The maximum Gasteiger partial charge on any atom is 0.0602 e. The summed E-state index contributed by atoms with van der Waals surface area (Å²) in [4.78, 5) is 2.37. The third kappa shape index (κ3) is 3.25. The van der Waals surface area contributed by atoms with Crippen molar-refractivity contribution in [3.05, 3.63) is 0 Å². The lowest BCUT2D eigenvalue weighted by atomic mass is 9.75. The molecule has 2 rings (SSSR count). The number of aliphatic hydroxyl groups is 1. The van der Waals surface area contributed by atoms with Crippen LogP contribution in [0.3, 0.4) is 0 Å². The summed E-state index contributed by atoms with van der Waals surface area (Å²) < 4.78 is 0. The molecule has 0 aromatic carbocycles. The largest absolute Gasteiger partial charge is 0.395 e. The van der Waals surface area contributed by atoms with Gasteiger partial charge in [-0.25, -0.2) is 0 Å². The zero-order valence-corrected chi connectivity index (χ0v) is 12.2. The van der Waals surface area contributed by atoms with E-state index in [9.17, 15) is 5.11 Å². The SMILES string of the molecule is CN(C1CCC(C)(C)CC1)C(CO)C(N)C1CC1. The molecule has 0 amide bonds. The van der Waals surface area contributed by atoms with Gasteiger partial charge in [0.1, 0.15) is 0 Å². The van der Waals surface area contributed by atoms with Crippen LogP contribution in [0, 0.1) is 11.3 Å². The van der Waals surface area contributed by atoms with E-state index in [0.29, 0.717) is 17.4 Å². The molecular weight excluding hydrogens is 224 g/mol. The standard InChI is InChI=1S/C15H30N2O/c1-15(2)8-6-12(7-9-15)17(3)13(10-18)14(16)11-4-5-11/h11-14,18H,4-10,16H2,1-3H3. The fourth-order valence-corrected chi connectivity index (χ4v) is 3.38. The minimum absolute atomic E-state index is 0.156. The zero-order chi connectivity index (χ0) is 13.3. The van der Waals surface area contributed by atoms with Crippen molar-refractivity contribution >= 4 is 0 Å². The van der Waals surface area contributed by atoms with Crippen molar-refractivity contribution in [2.75, 3.05) is 13.7 Å². The average molecular weight is 254 g/mol. The molecule has 18 heavy (non-hydrogen) atoms. The van der Waals surface area contributed by atoms with Crippen LogP contribution in [0.1, 0.15) is 52.4 Å². The lowest BCUT2D eigenvalue weighted by Gasteiger charge is -2.43. The number of hydrogen-bond donors (Lipinski definition) is 2. The molecule has 2 unspecified atom stereocenters. The molecule has 0 heterocycles. The molecule has 0 aromatic heterocycles. The number of nitrogens with zero attached hydrogens (tertiary/aromatic N) is 1. The van der Waals surface area contributed by atoms with E-state index < -0.39 is 0 Å². The van der Waals surface area contributed by atoms with Gasteiger partial charge >= 0.3 is 0 Å². The fraction of sp³-hybridized carbons (Fsp3) is 1.00. The van der Waals surface area contributed by atoms with Crippen LogP contribution in [0.25, 0.3) is 0 Å². The molecule has 2 saturated carbocycles. The molecule has 0 aromatic rings. The number of nitrogens with two attached hydrogens (primary N) is 1. The molecule has 2 fully saturated rings. The van der Waals surface area contributed by atoms with E-state index in [2.05, 4.69) is 25.8 Å². The Hall–Kier alpha value is -0.120. The second-order valence-electron chi connectivity index (χ2n) is 7.23. The Morgan fingerprint density at radius 1 is 1.22 bits per heavy atom. The van der Waals surface area contributed by atoms with Gasteiger partial charge in [0.2, 0.25) is 0 Å². The van der Waals surface area contributed by atoms with E-state index in [-0.39, 0.29) is 18.7 Å². The zero-order valence-electron chi connectivity index (χ0n) is 12.2. The van der Waals surface area contributed by atoms with Crippen molar-refractivity contribution in [2.24, 2.45) is 17.1 Å². The molecule has 3 nitrogen and oxygen atoms in total. The average Bonchev–Trinajstić information content (AvgIpc) is 3.13. The number of hydrogen-bond acceptors (Lipinski definition) is 3. The fourth-order valence-electron chi connectivity index (χ4n) is 3.38. The van der Waals surface area contributed by atoms with E-state index in [1.54, 1.807) is 0 Å². The monoisotopic (exact) mass is 254 g/mol. The van der Waals surface area contributed by atoms with Crippen LogP contribution < -0.4 is 5.73 Å². The normalized spacial score (nSPS) is 28.3. The van der Waals surface area contributed by atoms with Crippen LogP contribution in [0.2, 0.25) is 0 Å². The first kappa shape index (κ1) is 14.3. The van der Waals surface area contributed by atoms with Gasteiger partial charge in [0.15, 0.2) is 0 Å². The third-order valence-corrected chi connectivity index (χ3v) is 5.21. The molecule has 0 bridgehead atoms. The van der Waals surface area contributed by atoms with Gasteiger partial charge in [0, 0.05) is 18.1 Å². The Morgan fingerprint density at radius 3 is 2.22 bits per heavy atom. The van der Waals surface area contributed by atoms with Crippen molar-refractivity contribution in [1.29, 1.82) is 0 Å².